The Balaban J connectivity index is 2.26. The molecule has 0 aliphatic rings. The van der Waals surface area contributed by atoms with Crippen molar-refractivity contribution in [2.24, 2.45) is 4.99 Å². The van der Waals surface area contributed by atoms with Gasteiger partial charge in [-0.05, 0) is 30.3 Å². The van der Waals surface area contributed by atoms with Gasteiger partial charge in [0, 0.05) is 12.4 Å². The molecule has 1 heterocycles. The van der Waals surface area contributed by atoms with E-state index in [1.165, 1.54) is 0 Å². The number of aliphatic imine (C=N–C) groups is 1. The van der Waals surface area contributed by atoms with Gasteiger partial charge in [0.2, 0.25) is 11.6 Å². The van der Waals surface area contributed by atoms with Gasteiger partial charge in [0.15, 0.2) is 0 Å². The predicted molar refractivity (Wildman–Crippen MR) is 95.7 cm³/mol. The van der Waals surface area contributed by atoms with Crippen LogP contribution in [0, 0.1) is 0 Å². The molecular weight excluding hydrogens is 499 g/mol. The maximum atomic E-state index is 12.6. The number of aromatic nitrogens is 1. The Hall–Kier alpha value is -3.29. The fourth-order valence-electron chi connectivity index (χ4n) is 2.04. The number of allylic oxidation sites excluding steroid dienone is 2. The van der Waals surface area contributed by atoms with E-state index in [0.29, 0.717) is 12.3 Å². The number of rotatable bonds is 5. The smallest absolute Gasteiger partial charge is 0.455 e. The third-order valence-electron chi connectivity index (χ3n) is 3.55. The van der Waals surface area contributed by atoms with Crippen molar-refractivity contribution in [2.45, 2.75) is 18.5 Å². The summed E-state index contributed by atoms with van der Waals surface area (Å²) in [6, 6.07) is 4.76. The van der Waals surface area contributed by atoms with Crippen molar-refractivity contribution in [1.82, 2.24) is 4.98 Å². The molecule has 0 fully saturated rings. The lowest BCUT2D eigenvalue weighted by atomic mass is 10.1. The van der Waals surface area contributed by atoms with Gasteiger partial charge in [0.25, 0.3) is 5.78 Å². The summed E-state index contributed by atoms with van der Waals surface area (Å²) < 4.78 is 118. The number of alkyl halides is 9. The molecule has 1 aromatic carbocycles. The van der Waals surface area contributed by atoms with Crippen molar-refractivity contribution in [3.8, 4) is 11.6 Å². The number of carbonyl (C=O) groups is 1. The minimum Gasteiger partial charge on any atom is -0.504 e. The number of carbonyl (C=O) groups excluding carboxylic acids is 1. The van der Waals surface area contributed by atoms with Crippen molar-refractivity contribution < 1.29 is 54.2 Å². The van der Waals surface area contributed by atoms with Crippen LogP contribution in [0.3, 0.4) is 0 Å². The Kier molecular flexibility index (Phi) is 7.31. The number of aliphatic hydroxyl groups is 1. The SMILES string of the molecule is O=C(/C(C=Nc1ccc(Oc2ncc(C(F)(F)F)cc2Cl)cc1)=C(/O)C(F)(F)F)C(F)(F)F. The number of nitrogens with zero attached hydrogens (tertiary/aromatic N) is 2. The van der Waals surface area contributed by atoms with Crippen LogP contribution >= 0.6 is 11.6 Å². The standard InChI is InChI=1S/C18H8ClF9N2O3/c19-12-5-8(16(20,21)22)6-30-15(12)33-10-3-1-9(2-4-10)29-7-11(13(31)17(23,24)25)14(32)18(26,27)28/h1-7,31H/b13-11+,29-7?. The molecule has 33 heavy (non-hydrogen) atoms. The largest absolute Gasteiger partial charge is 0.504 e. The second-order valence-electron chi connectivity index (χ2n) is 5.95. The lowest BCUT2D eigenvalue weighted by Crippen LogP contribution is -2.29. The molecule has 15 heteroatoms. The van der Waals surface area contributed by atoms with Gasteiger partial charge in [-0.25, -0.2) is 4.98 Å². The summed E-state index contributed by atoms with van der Waals surface area (Å²) in [5.74, 6) is -6.25. The molecule has 0 atom stereocenters. The summed E-state index contributed by atoms with van der Waals surface area (Å²) in [7, 11) is 0. The van der Waals surface area contributed by atoms with E-state index in [0.717, 1.165) is 24.3 Å². The maximum absolute atomic E-state index is 12.6. The quantitative estimate of drug-likeness (QED) is 0.211. The van der Waals surface area contributed by atoms with Crippen LogP contribution in [0.25, 0.3) is 0 Å². The summed E-state index contributed by atoms with van der Waals surface area (Å²) in [4.78, 5) is 17.9. The van der Waals surface area contributed by atoms with Crippen LogP contribution in [0.5, 0.6) is 11.6 Å². The molecule has 0 bridgehead atoms. The van der Waals surface area contributed by atoms with Crippen LogP contribution in [0.4, 0.5) is 45.2 Å². The lowest BCUT2D eigenvalue weighted by Gasteiger charge is -2.11. The summed E-state index contributed by atoms with van der Waals surface area (Å²) in [6.07, 6.45) is -15.7. The number of halogens is 10. The van der Waals surface area contributed by atoms with Crippen LogP contribution in [-0.4, -0.2) is 34.4 Å². The molecule has 2 aromatic rings. The van der Waals surface area contributed by atoms with Crippen molar-refractivity contribution in [2.75, 3.05) is 0 Å². The van der Waals surface area contributed by atoms with E-state index in [9.17, 15) is 44.3 Å². The molecule has 0 saturated carbocycles. The number of aliphatic hydroxyl groups excluding tert-OH is 1. The summed E-state index contributed by atoms with van der Waals surface area (Å²) in [5, 5.41) is 8.50. The first-order valence-electron chi connectivity index (χ1n) is 8.17. The summed E-state index contributed by atoms with van der Waals surface area (Å²) >= 11 is 5.68. The second-order valence-corrected chi connectivity index (χ2v) is 6.36. The predicted octanol–water partition coefficient (Wildman–Crippen LogP) is 6.75. The van der Waals surface area contributed by atoms with Crippen LogP contribution < -0.4 is 4.74 Å². The zero-order valence-electron chi connectivity index (χ0n) is 15.5. The van der Waals surface area contributed by atoms with E-state index in [-0.39, 0.29) is 17.7 Å². The molecule has 0 amide bonds. The molecular formula is C18H8ClF9N2O3. The molecule has 0 aliphatic heterocycles. The molecule has 0 aliphatic carbocycles. The first-order valence-corrected chi connectivity index (χ1v) is 8.54. The molecule has 1 N–H and O–H groups in total. The minimum absolute atomic E-state index is 0.0802. The molecule has 2 rings (SSSR count). The first kappa shape index (κ1) is 26.0. The summed E-state index contributed by atoms with van der Waals surface area (Å²) in [5.41, 5.74) is -3.53. The highest BCUT2D eigenvalue weighted by atomic mass is 35.5. The fraction of sp³-hybridized carbons (Fsp3) is 0.167. The highest BCUT2D eigenvalue weighted by molar-refractivity contribution is 6.31. The molecule has 0 saturated heterocycles. The third-order valence-corrected chi connectivity index (χ3v) is 3.83. The maximum Gasteiger partial charge on any atom is 0.455 e. The monoisotopic (exact) mass is 506 g/mol. The Morgan fingerprint density at radius 1 is 1.00 bits per heavy atom. The number of hydrogen-bond donors (Lipinski definition) is 1. The van der Waals surface area contributed by atoms with E-state index in [4.69, 9.17) is 21.4 Å². The molecule has 5 nitrogen and oxygen atoms in total. The molecule has 0 spiro atoms. The van der Waals surface area contributed by atoms with Crippen LogP contribution in [-0.2, 0) is 11.0 Å². The van der Waals surface area contributed by atoms with Crippen molar-refractivity contribution >= 4 is 29.3 Å². The first-order chi connectivity index (χ1) is 15.0. The topological polar surface area (TPSA) is 71.8 Å². The van der Waals surface area contributed by atoms with Crippen molar-refractivity contribution in [3.63, 3.8) is 0 Å². The third kappa shape index (κ3) is 6.84. The normalized spacial score (nSPS) is 13.8. The number of ketones is 1. The van der Waals surface area contributed by atoms with Crippen molar-refractivity contribution in [1.29, 1.82) is 0 Å². The van der Waals surface area contributed by atoms with Gasteiger partial charge in [-0.15, -0.1) is 0 Å². The van der Waals surface area contributed by atoms with Gasteiger partial charge in [-0.1, -0.05) is 11.6 Å². The molecule has 0 radical (unpaired) electrons. The number of pyridine rings is 1. The van der Waals surface area contributed by atoms with E-state index < -0.39 is 52.1 Å². The Morgan fingerprint density at radius 2 is 1.58 bits per heavy atom. The molecule has 178 valence electrons. The van der Waals surface area contributed by atoms with Gasteiger partial charge in [-0.2, -0.15) is 39.5 Å². The Labute approximate surface area is 182 Å². The summed E-state index contributed by atoms with van der Waals surface area (Å²) in [6.45, 7) is 0. The van der Waals surface area contributed by atoms with E-state index >= 15 is 0 Å². The molecule has 1 aromatic heterocycles. The number of ether oxygens (including phenoxy) is 1. The van der Waals surface area contributed by atoms with E-state index in [2.05, 4.69) is 9.98 Å². The van der Waals surface area contributed by atoms with Gasteiger partial charge in [0.05, 0.1) is 16.8 Å². The fourth-order valence-corrected chi connectivity index (χ4v) is 2.24. The zero-order valence-corrected chi connectivity index (χ0v) is 16.2. The highest BCUT2D eigenvalue weighted by Gasteiger charge is 2.46. The number of hydrogen-bond acceptors (Lipinski definition) is 5. The highest BCUT2D eigenvalue weighted by Crippen LogP contribution is 2.35. The van der Waals surface area contributed by atoms with Gasteiger partial charge >= 0.3 is 18.5 Å². The van der Waals surface area contributed by atoms with Crippen LogP contribution in [0.15, 0.2) is 52.9 Å². The lowest BCUT2D eigenvalue weighted by molar-refractivity contribution is -0.167. The van der Waals surface area contributed by atoms with Crippen LogP contribution in [0.2, 0.25) is 5.02 Å². The average molecular weight is 507 g/mol. The molecule has 0 unspecified atom stereocenters. The van der Waals surface area contributed by atoms with Crippen LogP contribution in [0.1, 0.15) is 5.56 Å². The number of benzene rings is 1. The Bertz CT molecular complexity index is 1090. The average Bonchev–Trinajstić information content (AvgIpc) is 2.68. The number of Topliss-reactive ketones (excluding diaryl/α,β-unsaturated/α-hetero) is 1. The van der Waals surface area contributed by atoms with Gasteiger partial charge in [-0.3, -0.25) is 9.79 Å². The van der Waals surface area contributed by atoms with E-state index in [1.54, 1.807) is 0 Å². The van der Waals surface area contributed by atoms with Gasteiger partial charge in [0.1, 0.15) is 10.8 Å². The Morgan fingerprint density at radius 3 is 2.03 bits per heavy atom. The van der Waals surface area contributed by atoms with Crippen molar-refractivity contribution in [3.05, 3.63) is 58.4 Å². The van der Waals surface area contributed by atoms with E-state index in [1.807, 2.05) is 0 Å². The zero-order chi connectivity index (χ0) is 25.2. The minimum atomic E-state index is -5.72. The van der Waals surface area contributed by atoms with Gasteiger partial charge < -0.3 is 9.84 Å². The second kappa shape index (κ2) is 9.29.